The normalized spacial score (nSPS) is 15.1. The molecule has 0 fully saturated rings. The Morgan fingerprint density at radius 1 is 1.13 bits per heavy atom. The van der Waals surface area contributed by atoms with E-state index in [1.165, 1.54) is 0 Å². The fraction of sp³-hybridized carbons (Fsp3) is 0.259. The van der Waals surface area contributed by atoms with Crippen molar-refractivity contribution in [2.24, 2.45) is 9.98 Å². The maximum Gasteiger partial charge on any atom is 0.242 e. The van der Waals surface area contributed by atoms with Gasteiger partial charge in [0.05, 0.1) is 30.1 Å². The van der Waals surface area contributed by atoms with Crippen LogP contribution >= 0.6 is 0 Å². The Bertz CT molecular complexity index is 1580. The lowest BCUT2D eigenvalue weighted by molar-refractivity contribution is -0.576. The summed E-state index contributed by atoms with van der Waals surface area (Å²) in [6, 6.07) is 3.08. The van der Waals surface area contributed by atoms with Crippen LogP contribution in [0.4, 0.5) is 5.82 Å². The van der Waals surface area contributed by atoms with E-state index in [0.29, 0.717) is 45.7 Å². The Balaban J connectivity index is 1.75. The fourth-order valence-corrected chi connectivity index (χ4v) is 3.65. The molecule has 0 saturated carbocycles. The van der Waals surface area contributed by atoms with E-state index in [4.69, 9.17) is 5.41 Å². The van der Waals surface area contributed by atoms with Crippen LogP contribution < -0.4 is 16.0 Å². The van der Waals surface area contributed by atoms with Gasteiger partial charge in [0.25, 0.3) is 0 Å². The second kappa shape index (κ2) is 11.7. The van der Waals surface area contributed by atoms with Crippen LogP contribution in [0.3, 0.4) is 0 Å². The number of hydrogen-bond acceptors (Lipinski definition) is 8. The van der Waals surface area contributed by atoms with Crippen LogP contribution in [-0.2, 0) is 4.79 Å². The number of amides is 1. The highest BCUT2D eigenvalue weighted by Crippen LogP contribution is 2.21. The first-order valence-electron chi connectivity index (χ1n) is 12.3. The van der Waals surface area contributed by atoms with Crippen LogP contribution in [0, 0.1) is 24.2 Å². The first-order valence-corrected chi connectivity index (χ1v) is 12.3. The molecule has 4 heterocycles. The number of likely N-dealkylation sites (N-methyl/N-ethyl adjacent to an activating group) is 1. The second-order valence-electron chi connectivity index (χ2n) is 8.88. The Labute approximate surface area is 226 Å². The van der Waals surface area contributed by atoms with Crippen molar-refractivity contribution in [3.8, 4) is 17.8 Å². The van der Waals surface area contributed by atoms with Gasteiger partial charge >= 0.3 is 0 Å². The van der Waals surface area contributed by atoms with Crippen molar-refractivity contribution < 1.29 is 10.1 Å². The van der Waals surface area contributed by atoms with Gasteiger partial charge in [-0.15, -0.1) is 0 Å². The summed E-state index contributed by atoms with van der Waals surface area (Å²) >= 11 is 0. The number of aliphatic imine (C=N–C) groups is 2. The Morgan fingerprint density at radius 3 is 2.51 bits per heavy atom. The van der Waals surface area contributed by atoms with Crippen LogP contribution in [0.15, 0.2) is 58.3 Å². The number of nitrogens with two attached hydrogens (primary N) is 1. The van der Waals surface area contributed by atoms with Gasteiger partial charge in [0.1, 0.15) is 34.9 Å². The highest BCUT2D eigenvalue weighted by Gasteiger charge is 2.25. The molecular weight excluding hydrogens is 494 g/mol. The minimum atomic E-state index is -0.429. The van der Waals surface area contributed by atoms with Crippen LogP contribution in [0.5, 0.6) is 0 Å². The number of carbonyl (C=O) groups is 1. The van der Waals surface area contributed by atoms with Crippen molar-refractivity contribution in [1.82, 2.24) is 29.8 Å². The quantitative estimate of drug-likeness (QED) is 0.351. The first kappa shape index (κ1) is 27.2. The van der Waals surface area contributed by atoms with E-state index in [2.05, 4.69) is 52.4 Å². The number of aromatic nitrogens is 5. The molecule has 1 unspecified atom stereocenters. The number of hydrogen-bond donors (Lipinski definition) is 4. The van der Waals surface area contributed by atoms with Gasteiger partial charge in [-0.25, -0.2) is 29.9 Å². The molecule has 0 bridgehead atoms. The van der Waals surface area contributed by atoms with Crippen molar-refractivity contribution >= 4 is 29.1 Å². The lowest BCUT2D eigenvalue weighted by Gasteiger charge is -2.17. The topological polar surface area (TPSA) is 163 Å². The number of amidine groups is 2. The van der Waals surface area contributed by atoms with Crippen LogP contribution in [0.25, 0.3) is 5.95 Å². The molecule has 0 aliphatic carbocycles. The van der Waals surface area contributed by atoms with Crippen molar-refractivity contribution in [1.29, 1.82) is 5.41 Å². The molecule has 0 radical (unpaired) electrons. The molecule has 3 aromatic heterocycles. The molecule has 5 N–H and O–H groups in total. The van der Waals surface area contributed by atoms with Gasteiger partial charge < -0.3 is 16.0 Å². The van der Waals surface area contributed by atoms with Crippen molar-refractivity contribution in [3.05, 3.63) is 70.8 Å². The number of aryl methyl sites for hydroxylation is 1. The predicted molar refractivity (Wildman–Crippen MR) is 149 cm³/mol. The van der Waals surface area contributed by atoms with Gasteiger partial charge in [0, 0.05) is 31.1 Å². The smallest absolute Gasteiger partial charge is 0.242 e. The highest BCUT2D eigenvalue weighted by molar-refractivity contribution is 6.35. The van der Waals surface area contributed by atoms with E-state index >= 15 is 0 Å². The number of quaternary nitrogens is 1. The molecular formula is C27H30N11O+. The molecule has 1 aliphatic rings. The molecule has 3 aromatic rings. The molecule has 0 saturated heterocycles. The number of carbonyl (C=O) groups excluding carboxylic acids is 1. The minimum absolute atomic E-state index is 0.122. The largest absolute Gasteiger partial charge is 0.319 e. The highest BCUT2D eigenvalue weighted by atomic mass is 16.2. The molecule has 39 heavy (non-hydrogen) atoms. The van der Waals surface area contributed by atoms with Crippen LogP contribution in [0.2, 0.25) is 0 Å². The number of rotatable bonds is 6. The zero-order chi connectivity index (χ0) is 28.1. The Hall–Kier alpha value is -4.86. The van der Waals surface area contributed by atoms with Crippen LogP contribution in [-0.4, -0.2) is 67.9 Å². The van der Waals surface area contributed by atoms with Gasteiger partial charge in [-0.3, -0.25) is 14.8 Å². The summed E-state index contributed by atoms with van der Waals surface area (Å²) in [4.78, 5) is 39.0. The number of anilines is 1. The standard InChI is InChI=1S/C27H29N11O/c1-15-13-38(14-33-15)27-31-11-19(12-32-27)7-8-21-9-20(10-22(36-21)37-26(39)17(3)30-6)24-23(16(2)29-5)25(28)35-18(4)34-24/h9-14,17,28-30H,1-6H3,(H,36,37,39)/p+1/b23-16-,28-25?. The molecule has 1 amide bonds. The molecule has 0 spiro atoms. The number of nitrogens with one attached hydrogen (secondary N) is 3. The SMILES string of the molecule is CNC(C)C(=O)Nc1cc(C2=NC(C)=NC(=N)/C2=C(/C)[NH2+]C)cc(C#Cc2cnc(-n3cnc(C)c3)nc2)n1. The van der Waals surface area contributed by atoms with E-state index < -0.39 is 6.04 Å². The summed E-state index contributed by atoms with van der Waals surface area (Å²) in [5.74, 6) is 7.24. The van der Waals surface area contributed by atoms with Crippen molar-refractivity contribution in [2.45, 2.75) is 33.7 Å². The predicted octanol–water partition coefficient (Wildman–Crippen LogP) is 0.977. The zero-order valence-corrected chi connectivity index (χ0v) is 22.7. The summed E-state index contributed by atoms with van der Waals surface area (Å²) in [6.07, 6.45) is 6.73. The van der Waals surface area contributed by atoms with E-state index in [9.17, 15) is 4.79 Å². The molecule has 1 aliphatic heterocycles. The van der Waals surface area contributed by atoms with Gasteiger partial charge in [0.2, 0.25) is 11.9 Å². The first-order chi connectivity index (χ1) is 18.7. The molecule has 0 aromatic carbocycles. The van der Waals surface area contributed by atoms with E-state index in [1.54, 1.807) is 56.3 Å². The molecule has 12 nitrogen and oxygen atoms in total. The monoisotopic (exact) mass is 524 g/mol. The lowest BCUT2D eigenvalue weighted by Crippen LogP contribution is -2.77. The molecule has 1 atom stereocenters. The van der Waals surface area contributed by atoms with Gasteiger partial charge in [-0.2, -0.15) is 0 Å². The zero-order valence-electron chi connectivity index (χ0n) is 22.7. The maximum absolute atomic E-state index is 12.6. The second-order valence-corrected chi connectivity index (χ2v) is 8.88. The number of allylic oxidation sites excluding steroid dienone is 1. The van der Waals surface area contributed by atoms with E-state index in [0.717, 1.165) is 11.4 Å². The maximum atomic E-state index is 12.6. The average molecular weight is 525 g/mol. The third kappa shape index (κ3) is 6.35. The molecule has 4 rings (SSSR count). The third-order valence-corrected chi connectivity index (χ3v) is 5.94. The van der Waals surface area contributed by atoms with E-state index in [-0.39, 0.29) is 11.7 Å². The summed E-state index contributed by atoms with van der Waals surface area (Å²) < 4.78 is 1.73. The fourth-order valence-electron chi connectivity index (χ4n) is 3.65. The lowest BCUT2D eigenvalue weighted by atomic mass is 9.98. The minimum Gasteiger partial charge on any atom is -0.319 e. The van der Waals surface area contributed by atoms with Gasteiger partial charge in [0.15, 0.2) is 5.84 Å². The average Bonchev–Trinajstić information content (AvgIpc) is 3.36. The third-order valence-electron chi connectivity index (χ3n) is 5.94. The summed E-state index contributed by atoms with van der Waals surface area (Å²) in [7, 11) is 3.60. The Morgan fingerprint density at radius 2 is 1.87 bits per heavy atom. The van der Waals surface area contributed by atoms with Crippen molar-refractivity contribution in [3.63, 3.8) is 0 Å². The van der Waals surface area contributed by atoms with Crippen molar-refractivity contribution in [2.75, 3.05) is 19.4 Å². The number of imidazole rings is 1. The Kier molecular flexibility index (Phi) is 8.14. The summed E-state index contributed by atoms with van der Waals surface area (Å²) in [6.45, 7) is 7.29. The summed E-state index contributed by atoms with van der Waals surface area (Å²) in [5.41, 5.74) is 4.54. The number of nitrogens with zero attached hydrogens (tertiary/aromatic N) is 7. The molecule has 198 valence electrons. The van der Waals surface area contributed by atoms with Gasteiger partial charge in [-0.1, -0.05) is 5.92 Å². The molecule has 12 heteroatoms. The number of pyridine rings is 1. The van der Waals surface area contributed by atoms with Crippen LogP contribution in [0.1, 0.15) is 43.3 Å². The summed E-state index contributed by atoms with van der Waals surface area (Å²) in [5, 5.41) is 16.1. The van der Waals surface area contributed by atoms with E-state index in [1.807, 2.05) is 32.4 Å². The van der Waals surface area contributed by atoms with Gasteiger partial charge in [-0.05, 0) is 45.9 Å².